The first-order chi connectivity index (χ1) is 9.56. The number of aryl methyl sites for hydroxylation is 2. The maximum atomic E-state index is 11.9. The Hall–Kier alpha value is -1.14. The second-order valence-electron chi connectivity index (χ2n) is 4.45. The molecule has 1 N–H and O–H groups in total. The first-order valence-corrected chi connectivity index (χ1v) is 7.88. The minimum Gasteiger partial charge on any atom is -0.352 e. The molecule has 1 aromatic carbocycles. The fourth-order valence-electron chi connectivity index (χ4n) is 1.78. The smallest absolute Gasteiger partial charge is 0.251 e. The van der Waals surface area contributed by atoms with Crippen LogP contribution < -0.4 is 5.32 Å². The fourth-order valence-corrected chi connectivity index (χ4v) is 2.50. The summed E-state index contributed by atoms with van der Waals surface area (Å²) < 4.78 is 3.79. The van der Waals surface area contributed by atoms with Crippen LogP contribution in [0, 0.1) is 6.92 Å². The van der Waals surface area contributed by atoms with E-state index in [2.05, 4.69) is 42.3 Å². The van der Waals surface area contributed by atoms with Crippen LogP contribution in [0.15, 0.2) is 39.4 Å². The van der Waals surface area contributed by atoms with Gasteiger partial charge in [0.2, 0.25) is 0 Å². The minimum absolute atomic E-state index is 0.0517. The van der Waals surface area contributed by atoms with Gasteiger partial charge in [0, 0.05) is 29.3 Å². The lowest BCUT2D eigenvalue weighted by molar-refractivity contribution is 0.0952. The fraction of sp³-hybridized carbons (Fsp3) is 0.286. The predicted molar refractivity (Wildman–Crippen MR) is 85.8 cm³/mol. The number of rotatable bonds is 5. The SMILES string of the molecule is Cc1nn(CCCNC(=O)c2cccc(Br)c2)cc1Br. The van der Waals surface area contributed by atoms with E-state index < -0.39 is 0 Å². The highest BCUT2D eigenvalue weighted by atomic mass is 79.9. The van der Waals surface area contributed by atoms with Gasteiger partial charge in [0.15, 0.2) is 0 Å². The quantitative estimate of drug-likeness (QED) is 0.780. The number of amides is 1. The normalized spacial score (nSPS) is 10.6. The lowest BCUT2D eigenvalue weighted by atomic mass is 10.2. The predicted octanol–water partition coefficient (Wildman–Crippen LogP) is 3.54. The summed E-state index contributed by atoms with van der Waals surface area (Å²) in [5.74, 6) is -0.0517. The largest absolute Gasteiger partial charge is 0.352 e. The lowest BCUT2D eigenvalue weighted by Gasteiger charge is -2.06. The molecule has 4 nitrogen and oxygen atoms in total. The summed E-state index contributed by atoms with van der Waals surface area (Å²) in [7, 11) is 0. The van der Waals surface area contributed by atoms with E-state index in [9.17, 15) is 4.79 Å². The van der Waals surface area contributed by atoms with Crippen LogP contribution >= 0.6 is 31.9 Å². The molecule has 0 atom stereocenters. The molecule has 0 saturated heterocycles. The Kier molecular flexibility index (Phi) is 5.37. The van der Waals surface area contributed by atoms with E-state index in [1.54, 1.807) is 6.07 Å². The Morgan fingerprint density at radius 3 is 2.85 bits per heavy atom. The van der Waals surface area contributed by atoms with Crippen molar-refractivity contribution in [1.29, 1.82) is 0 Å². The van der Waals surface area contributed by atoms with E-state index in [1.165, 1.54) is 0 Å². The summed E-state index contributed by atoms with van der Waals surface area (Å²) in [6.07, 6.45) is 2.79. The van der Waals surface area contributed by atoms with Crippen molar-refractivity contribution >= 4 is 37.8 Å². The Morgan fingerprint density at radius 1 is 1.40 bits per heavy atom. The molecule has 0 aliphatic carbocycles. The average molecular weight is 401 g/mol. The monoisotopic (exact) mass is 399 g/mol. The highest BCUT2D eigenvalue weighted by Gasteiger charge is 2.05. The molecule has 1 heterocycles. The van der Waals surface area contributed by atoms with Gasteiger partial charge in [-0.3, -0.25) is 9.48 Å². The second kappa shape index (κ2) is 7.04. The zero-order valence-electron chi connectivity index (χ0n) is 11.1. The molecule has 20 heavy (non-hydrogen) atoms. The van der Waals surface area contributed by atoms with Crippen LogP contribution in [-0.2, 0) is 6.54 Å². The van der Waals surface area contributed by atoms with Gasteiger partial charge in [-0.05, 0) is 47.5 Å². The number of carbonyl (C=O) groups excluding carboxylic acids is 1. The third kappa shape index (κ3) is 4.18. The molecule has 6 heteroatoms. The number of benzene rings is 1. The molecule has 1 amide bonds. The van der Waals surface area contributed by atoms with Crippen molar-refractivity contribution < 1.29 is 4.79 Å². The summed E-state index contributed by atoms with van der Waals surface area (Å²) >= 11 is 6.78. The molecule has 1 aromatic heterocycles. The maximum absolute atomic E-state index is 11.9. The van der Waals surface area contributed by atoms with Gasteiger partial charge in [-0.25, -0.2) is 0 Å². The highest BCUT2D eigenvalue weighted by molar-refractivity contribution is 9.10. The van der Waals surface area contributed by atoms with Crippen molar-refractivity contribution in [3.63, 3.8) is 0 Å². The van der Waals surface area contributed by atoms with E-state index in [-0.39, 0.29) is 5.91 Å². The van der Waals surface area contributed by atoms with Crippen LogP contribution in [0.4, 0.5) is 0 Å². The number of nitrogens with one attached hydrogen (secondary N) is 1. The molecule has 2 aromatic rings. The van der Waals surface area contributed by atoms with E-state index in [1.807, 2.05) is 36.0 Å². The molecule has 0 aliphatic rings. The molecule has 0 spiro atoms. The van der Waals surface area contributed by atoms with Crippen LogP contribution in [-0.4, -0.2) is 22.2 Å². The Balaban J connectivity index is 1.77. The Labute approximate surface area is 134 Å². The number of halogens is 2. The molecule has 0 saturated carbocycles. The standard InChI is InChI=1S/C14H15Br2N3O/c1-10-13(16)9-19(18-10)7-3-6-17-14(20)11-4-2-5-12(15)8-11/h2,4-5,8-9H,3,6-7H2,1H3,(H,17,20). The third-order valence-corrected chi connectivity index (χ3v) is 4.09. The zero-order chi connectivity index (χ0) is 14.5. The van der Waals surface area contributed by atoms with Gasteiger partial charge in [0.05, 0.1) is 10.2 Å². The van der Waals surface area contributed by atoms with Gasteiger partial charge in [-0.15, -0.1) is 0 Å². The zero-order valence-corrected chi connectivity index (χ0v) is 14.2. The molecule has 0 bridgehead atoms. The number of nitrogens with zero attached hydrogens (tertiary/aromatic N) is 2. The molecule has 0 aliphatic heterocycles. The van der Waals surface area contributed by atoms with Crippen LogP contribution in [0.3, 0.4) is 0 Å². The van der Waals surface area contributed by atoms with Crippen LogP contribution in [0.25, 0.3) is 0 Å². The van der Waals surface area contributed by atoms with Crippen LogP contribution in [0.5, 0.6) is 0 Å². The van der Waals surface area contributed by atoms with Gasteiger partial charge < -0.3 is 5.32 Å². The van der Waals surface area contributed by atoms with Crippen LogP contribution in [0.1, 0.15) is 22.5 Å². The minimum atomic E-state index is -0.0517. The topological polar surface area (TPSA) is 46.9 Å². The van der Waals surface area contributed by atoms with Crippen molar-refractivity contribution in [3.05, 3.63) is 50.7 Å². The van der Waals surface area contributed by atoms with E-state index >= 15 is 0 Å². The van der Waals surface area contributed by atoms with Gasteiger partial charge in [-0.1, -0.05) is 22.0 Å². The summed E-state index contributed by atoms with van der Waals surface area (Å²) in [6, 6.07) is 7.36. The first-order valence-electron chi connectivity index (χ1n) is 6.29. The molecule has 0 radical (unpaired) electrons. The van der Waals surface area contributed by atoms with Crippen molar-refractivity contribution in [2.24, 2.45) is 0 Å². The first kappa shape index (κ1) is 15.3. The summed E-state index contributed by atoms with van der Waals surface area (Å²) in [5, 5.41) is 7.25. The van der Waals surface area contributed by atoms with Crippen LogP contribution in [0.2, 0.25) is 0 Å². The Morgan fingerprint density at radius 2 is 2.20 bits per heavy atom. The maximum Gasteiger partial charge on any atom is 0.251 e. The number of hydrogen-bond donors (Lipinski definition) is 1. The van der Waals surface area contributed by atoms with Crippen molar-refractivity contribution in [2.75, 3.05) is 6.54 Å². The number of carbonyl (C=O) groups is 1. The Bertz CT molecular complexity index is 591. The van der Waals surface area contributed by atoms with Gasteiger partial charge >= 0.3 is 0 Å². The summed E-state index contributed by atoms with van der Waals surface area (Å²) in [5.41, 5.74) is 1.64. The van der Waals surface area contributed by atoms with Crippen molar-refractivity contribution in [3.8, 4) is 0 Å². The molecular formula is C14H15Br2N3O. The van der Waals surface area contributed by atoms with Crippen molar-refractivity contribution in [1.82, 2.24) is 15.1 Å². The molecule has 0 fully saturated rings. The molecule has 2 rings (SSSR count). The number of hydrogen-bond acceptors (Lipinski definition) is 2. The van der Waals surface area contributed by atoms with Gasteiger partial charge in [-0.2, -0.15) is 5.10 Å². The lowest BCUT2D eigenvalue weighted by Crippen LogP contribution is -2.25. The second-order valence-corrected chi connectivity index (χ2v) is 6.22. The molecule has 106 valence electrons. The van der Waals surface area contributed by atoms with Gasteiger partial charge in [0.25, 0.3) is 5.91 Å². The third-order valence-electron chi connectivity index (χ3n) is 2.82. The van der Waals surface area contributed by atoms with Crippen molar-refractivity contribution in [2.45, 2.75) is 19.9 Å². The molecule has 0 unspecified atom stereocenters. The van der Waals surface area contributed by atoms with Gasteiger partial charge in [0.1, 0.15) is 0 Å². The molecular weight excluding hydrogens is 386 g/mol. The van der Waals surface area contributed by atoms with E-state index in [0.717, 1.165) is 27.6 Å². The summed E-state index contributed by atoms with van der Waals surface area (Å²) in [6.45, 7) is 3.36. The highest BCUT2D eigenvalue weighted by Crippen LogP contribution is 2.13. The average Bonchev–Trinajstić information content (AvgIpc) is 2.73. The van der Waals surface area contributed by atoms with E-state index in [4.69, 9.17) is 0 Å². The van der Waals surface area contributed by atoms with E-state index in [0.29, 0.717) is 12.1 Å². The summed E-state index contributed by atoms with van der Waals surface area (Å²) in [4.78, 5) is 11.9. The number of aromatic nitrogens is 2.